The van der Waals surface area contributed by atoms with Gasteiger partial charge in [0.1, 0.15) is 0 Å². The van der Waals surface area contributed by atoms with Crippen LogP contribution in [0.3, 0.4) is 0 Å². The minimum Gasteiger partial charge on any atom is -0.306 e. The molecule has 0 saturated heterocycles. The summed E-state index contributed by atoms with van der Waals surface area (Å²) < 4.78 is 18.3. The van der Waals surface area contributed by atoms with Crippen LogP contribution in [0.2, 0.25) is 0 Å². The molecule has 0 amide bonds. The Morgan fingerprint density at radius 2 is 2.44 bits per heavy atom. The molecular formula is C5H11NO2S. The van der Waals surface area contributed by atoms with Crippen molar-refractivity contribution in [2.75, 3.05) is 12.3 Å². The van der Waals surface area contributed by atoms with Crippen molar-refractivity contribution in [3.63, 3.8) is 0 Å². The largest absolute Gasteiger partial charge is 0.306 e. The van der Waals surface area contributed by atoms with Crippen LogP contribution in [0.1, 0.15) is 13.3 Å². The summed E-state index contributed by atoms with van der Waals surface area (Å²) in [6.45, 7) is 2.48. The van der Waals surface area contributed by atoms with Gasteiger partial charge < -0.3 is 4.55 Å². The summed E-state index contributed by atoms with van der Waals surface area (Å²) in [5, 5.41) is 0. The second-order valence-electron chi connectivity index (χ2n) is 1.54. The fraction of sp³-hybridized carbons (Fsp3) is 0.800. The SMILES string of the molecule is CC=NCCCS(=O)O. The van der Waals surface area contributed by atoms with Crippen LogP contribution in [0, 0.1) is 0 Å². The molecule has 0 bridgehead atoms. The topological polar surface area (TPSA) is 49.7 Å². The van der Waals surface area contributed by atoms with Gasteiger partial charge in [0.25, 0.3) is 0 Å². The van der Waals surface area contributed by atoms with Crippen molar-refractivity contribution in [1.29, 1.82) is 0 Å². The fourth-order valence-electron chi connectivity index (χ4n) is 0.408. The van der Waals surface area contributed by atoms with E-state index in [1.54, 1.807) is 6.21 Å². The van der Waals surface area contributed by atoms with Crippen molar-refractivity contribution in [1.82, 2.24) is 0 Å². The molecule has 1 unspecified atom stereocenters. The van der Waals surface area contributed by atoms with Crippen LogP contribution in [0.15, 0.2) is 4.99 Å². The molecule has 0 aromatic heterocycles. The molecule has 0 aliphatic rings. The average Bonchev–Trinajstić information content (AvgIpc) is 1.80. The Labute approximate surface area is 57.5 Å². The van der Waals surface area contributed by atoms with Crippen LogP contribution in [0.5, 0.6) is 0 Å². The second-order valence-corrected chi connectivity index (χ2v) is 2.59. The smallest absolute Gasteiger partial charge is 0.152 e. The van der Waals surface area contributed by atoms with Crippen molar-refractivity contribution in [2.24, 2.45) is 4.99 Å². The van der Waals surface area contributed by atoms with Crippen LogP contribution < -0.4 is 0 Å². The molecule has 0 aliphatic carbocycles. The highest BCUT2D eigenvalue weighted by atomic mass is 32.2. The lowest BCUT2D eigenvalue weighted by Crippen LogP contribution is -1.96. The first kappa shape index (κ1) is 8.78. The number of hydrogen-bond acceptors (Lipinski definition) is 2. The maximum Gasteiger partial charge on any atom is 0.152 e. The van der Waals surface area contributed by atoms with Crippen molar-refractivity contribution in [3.05, 3.63) is 0 Å². The molecule has 54 valence electrons. The van der Waals surface area contributed by atoms with E-state index in [2.05, 4.69) is 4.99 Å². The second kappa shape index (κ2) is 5.91. The zero-order valence-electron chi connectivity index (χ0n) is 5.41. The van der Waals surface area contributed by atoms with Gasteiger partial charge in [0.2, 0.25) is 0 Å². The van der Waals surface area contributed by atoms with Gasteiger partial charge in [0.05, 0.1) is 5.75 Å². The van der Waals surface area contributed by atoms with Crippen LogP contribution in [-0.4, -0.2) is 27.3 Å². The molecule has 1 N–H and O–H groups in total. The molecular weight excluding hydrogens is 138 g/mol. The van der Waals surface area contributed by atoms with Crippen LogP contribution in [0.25, 0.3) is 0 Å². The van der Waals surface area contributed by atoms with Gasteiger partial charge in [-0.05, 0) is 19.6 Å². The van der Waals surface area contributed by atoms with E-state index in [-0.39, 0.29) is 0 Å². The van der Waals surface area contributed by atoms with Crippen molar-refractivity contribution in [3.8, 4) is 0 Å². The highest BCUT2D eigenvalue weighted by Gasteiger charge is 1.89. The Balaban J connectivity index is 3.01. The van der Waals surface area contributed by atoms with E-state index < -0.39 is 11.1 Å². The van der Waals surface area contributed by atoms with E-state index in [1.807, 2.05) is 6.92 Å². The lowest BCUT2D eigenvalue weighted by Gasteiger charge is -1.89. The van der Waals surface area contributed by atoms with E-state index in [0.29, 0.717) is 18.7 Å². The molecule has 4 heteroatoms. The van der Waals surface area contributed by atoms with Gasteiger partial charge in [0, 0.05) is 6.54 Å². The fourth-order valence-corrected chi connectivity index (χ4v) is 0.784. The van der Waals surface area contributed by atoms with Gasteiger partial charge in [-0.2, -0.15) is 0 Å². The highest BCUT2D eigenvalue weighted by molar-refractivity contribution is 7.79. The minimum absolute atomic E-state index is 0.331. The molecule has 0 aromatic rings. The molecule has 0 saturated carbocycles. The standard InChI is InChI=1S/C5H11NO2S/c1-2-6-4-3-5-9(7)8/h2H,3-5H2,1H3,(H,7,8). The van der Waals surface area contributed by atoms with Crippen LogP contribution >= 0.6 is 0 Å². The third kappa shape index (κ3) is 7.78. The molecule has 9 heavy (non-hydrogen) atoms. The summed E-state index contributed by atoms with van der Waals surface area (Å²) in [7, 11) is 0. The summed E-state index contributed by atoms with van der Waals surface area (Å²) >= 11 is -1.64. The Morgan fingerprint density at radius 1 is 1.78 bits per heavy atom. The van der Waals surface area contributed by atoms with Crippen molar-refractivity contribution in [2.45, 2.75) is 13.3 Å². The average molecular weight is 149 g/mol. The summed E-state index contributed by atoms with van der Waals surface area (Å²) in [6.07, 6.45) is 2.38. The molecule has 0 rings (SSSR count). The summed E-state index contributed by atoms with van der Waals surface area (Å²) in [5.74, 6) is 0.331. The summed E-state index contributed by atoms with van der Waals surface area (Å²) in [4.78, 5) is 3.87. The lowest BCUT2D eigenvalue weighted by atomic mass is 10.5. The molecule has 0 aromatic carbocycles. The Morgan fingerprint density at radius 3 is 2.89 bits per heavy atom. The normalized spacial score (nSPS) is 14.4. The highest BCUT2D eigenvalue weighted by Crippen LogP contribution is 1.83. The zero-order valence-corrected chi connectivity index (χ0v) is 6.23. The number of rotatable bonds is 4. The van der Waals surface area contributed by atoms with E-state index >= 15 is 0 Å². The predicted molar refractivity (Wildman–Crippen MR) is 39.3 cm³/mol. The van der Waals surface area contributed by atoms with Gasteiger partial charge >= 0.3 is 0 Å². The number of nitrogens with zero attached hydrogens (tertiary/aromatic N) is 1. The van der Waals surface area contributed by atoms with Crippen molar-refractivity contribution >= 4 is 17.3 Å². The van der Waals surface area contributed by atoms with Crippen LogP contribution in [0.4, 0.5) is 0 Å². The monoisotopic (exact) mass is 149 g/mol. The first-order valence-electron chi connectivity index (χ1n) is 2.79. The molecule has 3 nitrogen and oxygen atoms in total. The lowest BCUT2D eigenvalue weighted by molar-refractivity contribution is 0.562. The Bertz CT molecular complexity index is 114. The molecule has 0 aliphatic heterocycles. The first-order valence-corrected chi connectivity index (χ1v) is 4.07. The van der Waals surface area contributed by atoms with Gasteiger partial charge in [-0.1, -0.05) is 0 Å². The van der Waals surface area contributed by atoms with Gasteiger partial charge in [-0.15, -0.1) is 0 Å². The molecule has 0 spiro atoms. The molecule has 1 atom stereocenters. The predicted octanol–water partition coefficient (Wildman–Crippen LogP) is 0.689. The summed E-state index contributed by atoms with van der Waals surface area (Å²) in [5.41, 5.74) is 0. The maximum absolute atomic E-state index is 10.0. The number of aliphatic imine (C=N–C) groups is 1. The van der Waals surface area contributed by atoms with E-state index in [0.717, 1.165) is 0 Å². The van der Waals surface area contributed by atoms with E-state index in [9.17, 15) is 4.21 Å². The third-order valence-electron chi connectivity index (χ3n) is 0.789. The maximum atomic E-state index is 10.0. The van der Waals surface area contributed by atoms with Crippen LogP contribution in [-0.2, 0) is 11.1 Å². The van der Waals surface area contributed by atoms with Gasteiger partial charge in [-0.25, -0.2) is 4.21 Å². The van der Waals surface area contributed by atoms with Crippen molar-refractivity contribution < 1.29 is 8.76 Å². The third-order valence-corrected chi connectivity index (χ3v) is 1.43. The molecule has 0 heterocycles. The minimum atomic E-state index is -1.64. The van der Waals surface area contributed by atoms with E-state index in [4.69, 9.17) is 4.55 Å². The molecule has 0 fully saturated rings. The summed E-state index contributed by atoms with van der Waals surface area (Å²) in [6, 6.07) is 0. The first-order chi connectivity index (χ1) is 4.27. The van der Waals surface area contributed by atoms with E-state index in [1.165, 1.54) is 0 Å². The molecule has 0 radical (unpaired) electrons. The Kier molecular flexibility index (Phi) is 5.76. The zero-order chi connectivity index (χ0) is 7.11. The Hall–Kier alpha value is -0.220. The number of hydrogen-bond donors (Lipinski definition) is 1. The van der Waals surface area contributed by atoms with Gasteiger partial charge in [-0.3, -0.25) is 4.99 Å². The van der Waals surface area contributed by atoms with Gasteiger partial charge in [0.15, 0.2) is 11.1 Å². The quantitative estimate of drug-likeness (QED) is 0.363.